The Morgan fingerprint density at radius 1 is 1.00 bits per heavy atom. The summed E-state index contributed by atoms with van der Waals surface area (Å²) < 4.78 is 15.8. The second-order valence-electron chi connectivity index (χ2n) is 4.90. The fraction of sp³-hybridized carbons (Fsp3) is 0.278. The Morgan fingerprint density at radius 2 is 1.73 bits per heavy atom. The summed E-state index contributed by atoms with van der Waals surface area (Å²) in [6.07, 6.45) is 0.581. The zero-order valence-corrected chi connectivity index (χ0v) is 12.8. The van der Waals surface area contributed by atoms with Crippen LogP contribution in [0.2, 0.25) is 0 Å². The summed E-state index contributed by atoms with van der Waals surface area (Å²) >= 11 is 0. The second kappa shape index (κ2) is 8.08. The first-order chi connectivity index (χ1) is 10.7. The highest BCUT2D eigenvalue weighted by Crippen LogP contribution is 2.20. The maximum Gasteiger partial charge on any atom is 0.312 e. The molecule has 0 bridgehead atoms. The molecule has 0 fully saturated rings. The first-order valence-electron chi connectivity index (χ1n) is 7.11. The zero-order chi connectivity index (χ0) is 15.8. The minimum absolute atomic E-state index is 0.259. The predicted octanol–water partition coefficient (Wildman–Crippen LogP) is 3.11. The van der Waals surface area contributed by atoms with Crippen LogP contribution in [0.3, 0.4) is 0 Å². The van der Waals surface area contributed by atoms with Gasteiger partial charge in [0.1, 0.15) is 18.1 Å². The lowest BCUT2D eigenvalue weighted by molar-refractivity contribution is -0.146. The van der Waals surface area contributed by atoms with Crippen LogP contribution in [0.1, 0.15) is 5.56 Å². The Balaban J connectivity index is 2.02. The molecule has 22 heavy (non-hydrogen) atoms. The molecule has 0 N–H and O–H groups in total. The van der Waals surface area contributed by atoms with Crippen LogP contribution in [-0.4, -0.2) is 26.8 Å². The number of benzene rings is 2. The Hall–Kier alpha value is -2.49. The molecule has 0 heterocycles. The summed E-state index contributed by atoms with van der Waals surface area (Å²) in [7, 11) is 3.00. The van der Waals surface area contributed by atoms with E-state index in [2.05, 4.69) is 0 Å². The van der Waals surface area contributed by atoms with Crippen LogP contribution in [0.25, 0.3) is 0 Å². The molecular weight excluding hydrogens is 280 g/mol. The number of ether oxygens (including phenoxy) is 3. The molecule has 4 heteroatoms. The van der Waals surface area contributed by atoms with E-state index in [0.717, 1.165) is 11.3 Å². The van der Waals surface area contributed by atoms with E-state index in [1.165, 1.54) is 7.11 Å². The molecule has 0 saturated carbocycles. The van der Waals surface area contributed by atoms with Crippen molar-refractivity contribution in [1.29, 1.82) is 0 Å². The fourth-order valence-electron chi connectivity index (χ4n) is 2.16. The molecule has 2 aromatic rings. The van der Waals surface area contributed by atoms with Gasteiger partial charge in [0.05, 0.1) is 20.1 Å². The lowest BCUT2D eigenvalue weighted by Crippen LogP contribution is -2.25. The molecule has 0 saturated heterocycles. The van der Waals surface area contributed by atoms with Crippen molar-refractivity contribution >= 4 is 5.97 Å². The molecule has 0 spiro atoms. The van der Waals surface area contributed by atoms with Crippen LogP contribution in [-0.2, 0) is 16.0 Å². The molecule has 1 unspecified atom stereocenters. The molecule has 0 aliphatic rings. The number of hydrogen-bond acceptors (Lipinski definition) is 4. The van der Waals surface area contributed by atoms with E-state index in [9.17, 15) is 4.79 Å². The van der Waals surface area contributed by atoms with Gasteiger partial charge in [-0.05, 0) is 24.1 Å². The molecule has 0 aliphatic heterocycles. The third-order valence-electron chi connectivity index (χ3n) is 3.35. The standard InChI is InChI=1S/C18H20O4/c1-20-16-9-6-10-17(12-16)22-13-15(18(19)21-2)11-14-7-4-3-5-8-14/h3-10,12,15H,11,13H2,1-2H3. The molecule has 2 rings (SSSR count). The SMILES string of the molecule is COC(=O)C(COc1cccc(OC)c1)Cc1ccccc1. The van der Waals surface area contributed by atoms with Crippen molar-refractivity contribution in [2.75, 3.05) is 20.8 Å². The Bertz CT molecular complexity index is 595. The lowest BCUT2D eigenvalue weighted by Gasteiger charge is -2.16. The molecule has 0 aromatic heterocycles. The normalized spacial score (nSPS) is 11.5. The van der Waals surface area contributed by atoms with Crippen LogP contribution in [0, 0.1) is 5.92 Å². The molecule has 2 aromatic carbocycles. The summed E-state index contributed by atoms with van der Waals surface area (Å²) in [5, 5.41) is 0. The van der Waals surface area contributed by atoms with Crippen molar-refractivity contribution in [2.24, 2.45) is 5.92 Å². The summed E-state index contributed by atoms with van der Waals surface area (Å²) in [5.74, 6) is 0.766. The Kier molecular flexibility index (Phi) is 5.83. The van der Waals surface area contributed by atoms with Crippen molar-refractivity contribution in [3.63, 3.8) is 0 Å². The van der Waals surface area contributed by atoms with Gasteiger partial charge in [0, 0.05) is 6.07 Å². The van der Waals surface area contributed by atoms with Crippen LogP contribution in [0.4, 0.5) is 0 Å². The molecule has 0 aliphatic carbocycles. The summed E-state index contributed by atoms with van der Waals surface area (Å²) in [5.41, 5.74) is 1.08. The van der Waals surface area contributed by atoms with E-state index in [-0.39, 0.29) is 18.5 Å². The first kappa shape index (κ1) is 15.9. The van der Waals surface area contributed by atoms with E-state index in [4.69, 9.17) is 14.2 Å². The summed E-state index contributed by atoms with van der Waals surface area (Å²) in [4.78, 5) is 11.9. The number of carbonyl (C=O) groups excluding carboxylic acids is 1. The topological polar surface area (TPSA) is 44.8 Å². The Morgan fingerprint density at radius 3 is 2.41 bits per heavy atom. The van der Waals surface area contributed by atoms with Crippen molar-refractivity contribution in [2.45, 2.75) is 6.42 Å². The fourth-order valence-corrected chi connectivity index (χ4v) is 2.16. The van der Waals surface area contributed by atoms with Crippen molar-refractivity contribution < 1.29 is 19.0 Å². The molecule has 0 amide bonds. The lowest BCUT2D eigenvalue weighted by atomic mass is 10.0. The van der Waals surface area contributed by atoms with Gasteiger partial charge in [0.2, 0.25) is 0 Å². The molecule has 116 valence electrons. The van der Waals surface area contributed by atoms with Crippen LogP contribution in [0.5, 0.6) is 11.5 Å². The zero-order valence-electron chi connectivity index (χ0n) is 12.8. The van der Waals surface area contributed by atoms with Gasteiger partial charge in [0.25, 0.3) is 0 Å². The van der Waals surface area contributed by atoms with Crippen molar-refractivity contribution in [3.05, 3.63) is 60.2 Å². The number of rotatable bonds is 7. The largest absolute Gasteiger partial charge is 0.497 e. The smallest absolute Gasteiger partial charge is 0.312 e. The minimum atomic E-state index is -0.349. The van der Waals surface area contributed by atoms with Crippen molar-refractivity contribution in [1.82, 2.24) is 0 Å². The molecule has 4 nitrogen and oxygen atoms in total. The third kappa shape index (κ3) is 4.52. The van der Waals surface area contributed by atoms with Crippen LogP contribution in [0.15, 0.2) is 54.6 Å². The van der Waals surface area contributed by atoms with E-state index in [0.29, 0.717) is 12.2 Å². The number of carbonyl (C=O) groups is 1. The van der Waals surface area contributed by atoms with E-state index >= 15 is 0 Å². The van der Waals surface area contributed by atoms with Gasteiger partial charge >= 0.3 is 5.97 Å². The molecule has 0 radical (unpaired) electrons. The van der Waals surface area contributed by atoms with Crippen LogP contribution < -0.4 is 9.47 Å². The maximum atomic E-state index is 11.9. The maximum absolute atomic E-state index is 11.9. The van der Waals surface area contributed by atoms with Gasteiger partial charge in [-0.25, -0.2) is 0 Å². The molecule has 1 atom stereocenters. The highest BCUT2D eigenvalue weighted by Gasteiger charge is 2.20. The average Bonchev–Trinajstić information content (AvgIpc) is 2.59. The van der Waals surface area contributed by atoms with Gasteiger partial charge in [-0.15, -0.1) is 0 Å². The summed E-state index contributed by atoms with van der Waals surface area (Å²) in [6, 6.07) is 17.1. The second-order valence-corrected chi connectivity index (χ2v) is 4.90. The summed E-state index contributed by atoms with van der Waals surface area (Å²) in [6.45, 7) is 0.259. The van der Waals surface area contributed by atoms with Gasteiger partial charge in [-0.3, -0.25) is 4.79 Å². The minimum Gasteiger partial charge on any atom is -0.497 e. The number of methoxy groups -OCH3 is 2. The quantitative estimate of drug-likeness (QED) is 0.737. The first-order valence-corrected chi connectivity index (χ1v) is 7.11. The van der Waals surface area contributed by atoms with Gasteiger partial charge in [-0.2, -0.15) is 0 Å². The predicted molar refractivity (Wildman–Crippen MR) is 84.1 cm³/mol. The highest BCUT2D eigenvalue weighted by atomic mass is 16.5. The van der Waals surface area contributed by atoms with E-state index in [1.807, 2.05) is 48.5 Å². The van der Waals surface area contributed by atoms with Gasteiger partial charge < -0.3 is 14.2 Å². The van der Waals surface area contributed by atoms with Gasteiger partial charge in [-0.1, -0.05) is 36.4 Å². The Labute approximate surface area is 130 Å². The average molecular weight is 300 g/mol. The van der Waals surface area contributed by atoms with Gasteiger partial charge in [0.15, 0.2) is 0 Å². The number of esters is 1. The van der Waals surface area contributed by atoms with Crippen LogP contribution >= 0.6 is 0 Å². The van der Waals surface area contributed by atoms with E-state index in [1.54, 1.807) is 13.2 Å². The van der Waals surface area contributed by atoms with Crippen molar-refractivity contribution in [3.8, 4) is 11.5 Å². The monoisotopic (exact) mass is 300 g/mol. The number of hydrogen-bond donors (Lipinski definition) is 0. The highest BCUT2D eigenvalue weighted by molar-refractivity contribution is 5.72. The van der Waals surface area contributed by atoms with E-state index < -0.39 is 0 Å². The molecular formula is C18H20O4. The third-order valence-corrected chi connectivity index (χ3v) is 3.35.